The first-order valence-corrected chi connectivity index (χ1v) is 11.3. The Morgan fingerprint density at radius 1 is 1.00 bits per heavy atom. The number of ether oxygens (including phenoxy) is 1. The normalized spacial score (nSPS) is 11.4. The lowest BCUT2D eigenvalue weighted by atomic mass is 10.1. The van der Waals surface area contributed by atoms with Crippen molar-refractivity contribution in [2.24, 2.45) is 0 Å². The molecule has 186 valence electrons. The number of carbonyl (C=O) groups excluding carboxylic acids is 1. The van der Waals surface area contributed by atoms with E-state index < -0.39 is 23.5 Å². The van der Waals surface area contributed by atoms with Gasteiger partial charge < -0.3 is 14.6 Å². The van der Waals surface area contributed by atoms with Gasteiger partial charge in [-0.15, -0.1) is 0 Å². The molecule has 4 aromatic rings. The molecule has 1 aromatic heterocycles. The van der Waals surface area contributed by atoms with Crippen molar-refractivity contribution >= 4 is 23.2 Å². The van der Waals surface area contributed by atoms with Crippen molar-refractivity contribution in [3.05, 3.63) is 112 Å². The highest BCUT2D eigenvalue weighted by atomic mass is 35.5. The minimum Gasteiger partial charge on any atom is -0.489 e. The monoisotopic (exact) mass is 516 g/mol. The summed E-state index contributed by atoms with van der Waals surface area (Å²) in [6.07, 6.45) is -4.54. The first kappa shape index (κ1) is 25.3. The number of para-hydroxylation sites is 1. The van der Waals surface area contributed by atoms with E-state index in [-0.39, 0.29) is 17.9 Å². The number of anilines is 1. The van der Waals surface area contributed by atoms with E-state index in [1.165, 1.54) is 41.0 Å². The quantitative estimate of drug-likeness (QED) is 0.266. The van der Waals surface area contributed by atoms with Crippen molar-refractivity contribution in [1.82, 2.24) is 4.57 Å². The Labute approximate surface area is 210 Å². The second kappa shape index (κ2) is 10.1. The molecule has 0 unspecified atom stereocenters. The fourth-order valence-electron chi connectivity index (χ4n) is 3.95. The number of hydrogen-bond acceptors (Lipinski definition) is 2. The van der Waals surface area contributed by atoms with Gasteiger partial charge in [-0.2, -0.15) is 13.2 Å². The van der Waals surface area contributed by atoms with Crippen LogP contribution in [-0.4, -0.2) is 10.5 Å². The van der Waals surface area contributed by atoms with Crippen molar-refractivity contribution in [1.29, 1.82) is 0 Å². The third-order valence-electron chi connectivity index (χ3n) is 5.62. The molecule has 0 bridgehead atoms. The minimum absolute atomic E-state index is 0.0216. The standard InChI is InChI=1S/C27H21ClF4N2O2/c1-16-12-22(17(2)34(16)25-9-4-3-8-23(25)27(30,31)32)26(35)33-20-6-5-7-21(14-20)36-15-18-13-19(29)10-11-24(18)28/h3-14H,15H2,1-2H3,(H,33,35). The van der Waals surface area contributed by atoms with Crippen LogP contribution in [0.2, 0.25) is 5.02 Å². The largest absolute Gasteiger partial charge is 0.489 e. The smallest absolute Gasteiger partial charge is 0.418 e. The highest BCUT2D eigenvalue weighted by molar-refractivity contribution is 6.31. The summed E-state index contributed by atoms with van der Waals surface area (Å²) in [5, 5.41) is 3.12. The molecule has 0 atom stereocenters. The molecule has 1 heterocycles. The van der Waals surface area contributed by atoms with E-state index in [0.29, 0.717) is 33.4 Å². The zero-order chi connectivity index (χ0) is 26.0. The SMILES string of the molecule is Cc1cc(C(=O)Nc2cccc(OCc3cc(F)ccc3Cl)c2)c(C)n1-c1ccccc1C(F)(F)F. The average molecular weight is 517 g/mol. The predicted molar refractivity (Wildman–Crippen MR) is 130 cm³/mol. The van der Waals surface area contributed by atoms with Crippen molar-refractivity contribution < 1.29 is 27.1 Å². The predicted octanol–water partition coefficient (Wildman–Crippen LogP) is 7.74. The number of amides is 1. The molecule has 4 rings (SSSR count). The number of nitrogens with one attached hydrogen (secondary N) is 1. The molecule has 3 aromatic carbocycles. The number of aryl methyl sites for hydroxylation is 1. The van der Waals surface area contributed by atoms with Crippen molar-refractivity contribution in [3.8, 4) is 11.4 Å². The van der Waals surface area contributed by atoms with Gasteiger partial charge in [0, 0.05) is 33.7 Å². The van der Waals surface area contributed by atoms with Gasteiger partial charge in [-0.3, -0.25) is 4.79 Å². The fourth-order valence-corrected chi connectivity index (χ4v) is 4.12. The molecule has 0 saturated heterocycles. The molecule has 1 amide bonds. The third-order valence-corrected chi connectivity index (χ3v) is 5.99. The van der Waals surface area contributed by atoms with Gasteiger partial charge in [0.05, 0.1) is 16.8 Å². The molecule has 9 heteroatoms. The molecule has 1 N–H and O–H groups in total. The molecule has 36 heavy (non-hydrogen) atoms. The fraction of sp³-hybridized carbons (Fsp3) is 0.148. The van der Waals surface area contributed by atoms with Crippen LogP contribution in [0.4, 0.5) is 23.2 Å². The number of alkyl halides is 3. The van der Waals surface area contributed by atoms with Gasteiger partial charge >= 0.3 is 6.18 Å². The number of carbonyl (C=O) groups is 1. The second-order valence-corrected chi connectivity index (χ2v) is 8.55. The number of rotatable bonds is 6. The molecule has 0 aliphatic carbocycles. The van der Waals surface area contributed by atoms with Crippen molar-refractivity contribution in [3.63, 3.8) is 0 Å². The summed E-state index contributed by atoms with van der Waals surface area (Å²) in [5.41, 5.74) is 1.14. The van der Waals surface area contributed by atoms with Crippen molar-refractivity contribution in [2.75, 3.05) is 5.32 Å². The minimum atomic E-state index is -4.54. The maximum Gasteiger partial charge on any atom is 0.418 e. The highest BCUT2D eigenvalue weighted by Crippen LogP contribution is 2.35. The van der Waals surface area contributed by atoms with Crippen molar-refractivity contribution in [2.45, 2.75) is 26.6 Å². The summed E-state index contributed by atoms with van der Waals surface area (Å²) in [4.78, 5) is 13.0. The highest BCUT2D eigenvalue weighted by Gasteiger charge is 2.34. The van der Waals surface area contributed by atoms with Crippen LogP contribution in [0.25, 0.3) is 5.69 Å². The van der Waals surface area contributed by atoms with E-state index in [1.807, 2.05) is 0 Å². The summed E-state index contributed by atoms with van der Waals surface area (Å²) in [6.45, 7) is 3.26. The van der Waals surface area contributed by atoms with Gasteiger partial charge in [-0.05, 0) is 62.4 Å². The maximum absolute atomic E-state index is 13.6. The molecule has 0 saturated carbocycles. The Balaban J connectivity index is 1.55. The van der Waals surface area contributed by atoms with Gasteiger partial charge in [-0.25, -0.2) is 4.39 Å². The summed E-state index contributed by atoms with van der Waals surface area (Å²) in [5.74, 6) is -0.503. The van der Waals surface area contributed by atoms with Crippen LogP contribution in [0.15, 0.2) is 72.8 Å². The van der Waals surface area contributed by atoms with Gasteiger partial charge in [-0.1, -0.05) is 29.8 Å². The van der Waals surface area contributed by atoms with E-state index in [9.17, 15) is 22.4 Å². The Morgan fingerprint density at radius 3 is 2.50 bits per heavy atom. The summed E-state index contributed by atoms with van der Waals surface area (Å²) in [6, 6.07) is 17.3. The molecule has 0 aliphatic heterocycles. The molecular weight excluding hydrogens is 496 g/mol. The van der Waals surface area contributed by atoms with Crippen LogP contribution in [-0.2, 0) is 12.8 Å². The average Bonchev–Trinajstić information content (AvgIpc) is 3.13. The van der Waals surface area contributed by atoms with E-state index in [1.54, 1.807) is 44.2 Å². The third kappa shape index (κ3) is 5.39. The second-order valence-electron chi connectivity index (χ2n) is 8.14. The van der Waals surface area contributed by atoms with E-state index in [2.05, 4.69) is 5.32 Å². The lowest BCUT2D eigenvalue weighted by Crippen LogP contribution is -2.15. The van der Waals surface area contributed by atoms with Gasteiger partial charge in [0.25, 0.3) is 5.91 Å². The van der Waals surface area contributed by atoms with E-state index in [4.69, 9.17) is 16.3 Å². The van der Waals surface area contributed by atoms with Crippen LogP contribution in [0.5, 0.6) is 5.75 Å². The topological polar surface area (TPSA) is 43.3 Å². The Morgan fingerprint density at radius 2 is 1.75 bits per heavy atom. The maximum atomic E-state index is 13.6. The van der Waals surface area contributed by atoms with E-state index >= 15 is 0 Å². The van der Waals surface area contributed by atoms with Crippen LogP contribution in [0.1, 0.15) is 32.9 Å². The van der Waals surface area contributed by atoms with Gasteiger partial charge in [0.1, 0.15) is 18.2 Å². The zero-order valence-corrected chi connectivity index (χ0v) is 20.0. The number of hydrogen-bond donors (Lipinski definition) is 1. The zero-order valence-electron chi connectivity index (χ0n) is 19.3. The number of aromatic nitrogens is 1. The molecule has 0 aliphatic rings. The molecule has 4 nitrogen and oxygen atoms in total. The summed E-state index contributed by atoms with van der Waals surface area (Å²) in [7, 11) is 0. The molecule has 0 fully saturated rings. The molecular formula is C27H21ClF4N2O2. The lowest BCUT2D eigenvalue weighted by Gasteiger charge is -2.17. The van der Waals surface area contributed by atoms with Gasteiger partial charge in [0.2, 0.25) is 0 Å². The lowest BCUT2D eigenvalue weighted by molar-refractivity contribution is -0.137. The van der Waals surface area contributed by atoms with Crippen LogP contribution < -0.4 is 10.1 Å². The first-order valence-electron chi connectivity index (χ1n) is 10.9. The molecule has 0 spiro atoms. The molecule has 0 radical (unpaired) electrons. The Hall–Kier alpha value is -3.78. The first-order chi connectivity index (χ1) is 17.0. The number of halogens is 5. The number of nitrogens with zero attached hydrogens (tertiary/aromatic N) is 1. The summed E-state index contributed by atoms with van der Waals surface area (Å²) >= 11 is 6.07. The van der Waals surface area contributed by atoms with Crippen LogP contribution in [0.3, 0.4) is 0 Å². The Bertz CT molecular complexity index is 1430. The summed E-state index contributed by atoms with van der Waals surface area (Å²) < 4.78 is 61.3. The van der Waals surface area contributed by atoms with Crippen LogP contribution >= 0.6 is 11.6 Å². The van der Waals surface area contributed by atoms with Crippen LogP contribution in [0, 0.1) is 19.7 Å². The number of benzene rings is 3. The Kier molecular flexibility index (Phi) is 7.08. The van der Waals surface area contributed by atoms with E-state index in [0.717, 1.165) is 6.07 Å². The van der Waals surface area contributed by atoms with Gasteiger partial charge in [0.15, 0.2) is 0 Å².